The molecule has 0 saturated carbocycles. The molecule has 0 fully saturated rings. The maximum atomic E-state index is 9.28. The topological polar surface area (TPSA) is 62.6 Å². The summed E-state index contributed by atoms with van der Waals surface area (Å²) in [6.07, 6.45) is 4.17. The van der Waals surface area contributed by atoms with E-state index in [2.05, 4.69) is 4.98 Å². The van der Waals surface area contributed by atoms with Crippen LogP contribution in [0.25, 0.3) is 5.57 Å². The zero-order valence-electron chi connectivity index (χ0n) is 9.18. The third-order valence-corrected chi connectivity index (χ3v) is 2.86. The van der Waals surface area contributed by atoms with Gasteiger partial charge in [-0.1, -0.05) is 0 Å². The van der Waals surface area contributed by atoms with Gasteiger partial charge < -0.3 is 14.8 Å². The van der Waals surface area contributed by atoms with Crippen LogP contribution in [0.15, 0.2) is 23.8 Å². The lowest BCUT2D eigenvalue weighted by atomic mass is 9.76. The Morgan fingerprint density at radius 3 is 2.88 bits per heavy atom. The first kappa shape index (κ1) is 11.2. The lowest BCUT2D eigenvalue weighted by molar-refractivity contribution is 0.396. The second-order valence-corrected chi connectivity index (χ2v) is 3.79. The molecule has 0 aromatic carbocycles. The lowest BCUT2D eigenvalue weighted by Gasteiger charge is -2.10. The second kappa shape index (κ2) is 4.68. The van der Waals surface area contributed by atoms with Gasteiger partial charge in [-0.15, -0.1) is 0 Å². The van der Waals surface area contributed by atoms with Crippen molar-refractivity contribution >= 4 is 12.7 Å². The molecule has 2 rings (SSSR count). The minimum absolute atomic E-state index is 0.539. The Kier molecular flexibility index (Phi) is 3.26. The Bertz CT molecular complexity index is 417. The number of allylic oxidation sites excluding steroid dienone is 2. The van der Waals surface area contributed by atoms with Gasteiger partial charge in [-0.05, 0) is 42.4 Å². The molecular formula is C11H14BNO3. The van der Waals surface area contributed by atoms with Crippen LogP contribution in [0, 0.1) is 0 Å². The zero-order chi connectivity index (χ0) is 11.5. The maximum absolute atomic E-state index is 9.28. The largest absolute Gasteiger partial charge is 0.484 e. The average Bonchev–Trinajstić information content (AvgIpc) is 2.77. The fourth-order valence-corrected chi connectivity index (χ4v) is 2.14. The molecular weight excluding hydrogens is 205 g/mol. The van der Waals surface area contributed by atoms with Crippen molar-refractivity contribution in [2.24, 2.45) is 0 Å². The summed E-state index contributed by atoms with van der Waals surface area (Å²) in [6, 6.07) is 3.72. The summed E-state index contributed by atoms with van der Waals surface area (Å²) in [7, 11) is 0.193. The molecule has 0 radical (unpaired) electrons. The Balaban J connectivity index is 2.47. The quantitative estimate of drug-likeness (QED) is 0.745. The van der Waals surface area contributed by atoms with Crippen LogP contribution < -0.4 is 4.74 Å². The van der Waals surface area contributed by atoms with Gasteiger partial charge in [0.05, 0.1) is 7.11 Å². The SMILES string of the molecule is COc1ncccc1C1=C(B(O)O)CCC1. The van der Waals surface area contributed by atoms with E-state index < -0.39 is 7.12 Å². The van der Waals surface area contributed by atoms with Crippen molar-refractivity contribution in [3.63, 3.8) is 0 Å². The molecule has 0 bridgehead atoms. The number of methoxy groups -OCH3 is 1. The van der Waals surface area contributed by atoms with Crippen molar-refractivity contribution in [1.29, 1.82) is 0 Å². The maximum Gasteiger partial charge on any atom is 0.484 e. The predicted molar refractivity (Wildman–Crippen MR) is 61.8 cm³/mol. The highest BCUT2D eigenvalue weighted by Crippen LogP contribution is 2.37. The molecule has 0 aliphatic heterocycles. The summed E-state index contributed by atoms with van der Waals surface area (Å²) >= 11 is 0. The van der Waals surface area contributed by atoms with E-state index in [0.29, 0.717) is 11.4 Å². The summed E-state index contributed by atoms with van der Waals surface area (Å²) in [6.45, 7) is 0. The van der Waals surface area contributed by atoms with Crippen LogP contribution in [-0.4, -0.2) is 29.3 Å². The first-order valence-corrected chi connectivity index (χ1v) is 5.31. The monoisotopic (exact) mass is 219 g/mol. The molecule has 0 saturated heterocycles. The number of rotatable bonds is 3. The number of aromatic nitrogens is 1. The van der Waals surface area contributed by atoms with Crippen LogP contribution in [0.4, 0.5) is 0 Å². The first-order chi connectivity index (χ1) is 7.74. The van der Waals surface area contributed by atoms with Crippen LogP contribution in [0.5, 0.6) is 5.88 Å². The van der Waals surface area contributed by atoms with Crippen molar-refractivity contribution in [2.45, 2.75) is 19.3 Å². The van der Waals surface area contributed by atoms with E-state index in [-0.39, 0.29) is 0 Å². The number of nitrogens with zero attached hydrogens (tertiary/aromatic N) is 1. The van der Waals surface area contributed by atoms with E-state index in [1.54, 1.807) is 13.3 Å². The summed E-state index contributed by atoms with van der Waals surface area (Å²) in [4.78, 5) is 4.12. The van der Waals surface area contributed by atoms with Crippen molar-refractivity contribution in [3.8, 4) is 5.88 Å². The molecule has 5 heteroatoms. The van der Waals surface area contributed by atoms with E-state index in [1.165, 1.54) is 0 Å². The molecule has 1 aromatic heterocycles. The molecule has 1 aliphatic rings. The molecule has 1 aliphatic carbocycles. The van der Waals surface area contributed by atoms with Gasteiger partial charge in [-0.2, -0.15) is 0 Å². The molecule has 4 nitrogen and oxygen atoms in total. The normalized spacial score (nSPS) is 15.4. The van der Waals surface area contributed by atoms with Gasteiger partial charge in [0.2, 0.25) is 5.88 Å². The van der Waals surface area contributed by atoms with Gasteiger partial charge >= 0.3 is 7.12 Å². The van der Waals surface area contributed by atoms with Crippen molar-refractivity contribution in [3.05, 3.63) is 29.4 Å². The molecule has 84 valence electrons. The van der Waals surface area contributed by atoms with Crippen molar-refractivity contribution in [2.75, 3.05) is 7.11 Å². The van der Waals surface area contributed by atoms with Gasteiger partial charge in [0.1, 0.15) is 0 Å². The minimum Gasteiger partial charge on any atom is -0.481 e. The van der Waals surface area contributed by atoms with E-state index in [9.17, 15) is 10.0 Å². The Morgan fingerprint density at radius 2 is 2.19 bits per heavy atom. The van der Waals surface area contributed by atoms with Crippen molar-refractivity contribution in [1.82, 2.24) is 4.98 Å². The molecule has 0 unspecified atom stereocenters. The third-order valence-electron chi connectivity index (χ3n) is 2.86. The van der Waals surface area contributed by atoms with Gasteiger partial charge in [0.15, 0.2) is 0 Å². The number of pyridine rings is 1. The Labute approximate surface area is 94.7 Å². The van der Waals surface area contributed by atoms with Gasteiger partial charge in [-0.25, -0.2) is 4.98 Å². The standard InChI is InChI=1S/C11H14BNO3/c1-16-11-9(5-3-7-13-11)8-4-2-6-10(8)12(14)15/h3,5,7,14-15H,2,4,6H2,1H3. The van der Waals surface area contributed by atoms with Gasteiger partial charge in [-0.3, -0.25) is 0 Å². The van der Waals surface area contributed by atoms with E-state index in [1.807, 2.05) is 12.1 Å². The highest BCUT2D eigenvalue weighted by atomic mass is 16.5. The fourth-order valence-electron chi connectivity index (χ4n) is 2.14. The smallest absolute Gasteiger partial charge is 0.481 e. The molecule has 1 heterocycles. The fraction of sp³-hybridized carbons (Fsp3) is 0.364. The summed E-state index contributed by atoms with van der Waals surface area (Å²) in [5.74, 6) is 0.539. The van der Waals surface area contributed by atoms with E-state index >= 15 is 0 Å². The van der Waals surface area contributed by atoms with Crippen LogP contribution in [-0.2, 0) is 0 Å². The number of hydrogen-bond acceptors (Lipinski definition) is 4. The second-order valence-electron chi connectivity index (χ2n) is 3.79. The average molecular weight is 219 g/mol. The summed E-state index contributed by atoms with van der Waals surface area (Å²) < 4.78 is 5.18. The third kappa shape index (κ3) is 1.96. The van der Waals surface area contributed by atoms with Gasteiger partial charge in [0.25, 0.3) is 0 Å². The summed E-state index contributed by atoms with van der Waals surface area (Å²) in [5.41, 5.74) is 2.51. The van der Waals surface area contributed by atoms with Crippen LogP contribution in [0.2, 0.25) is 0 Å². The Hall–Kier alpha value is -1.33. The molecule has 0 spiro atoms. The Morgan fingerprint density at radius 1 is 1.38 bits per heavy atom. The molecule has 0 atom stereocenters. The van der Waals surface area contributed by atoms with Crippen LogP contribution >= 0.6 is 0 Å². The highest BCUT2D eigenvalue weighted by molar-refractivity contribution is 6.52. The van der Waals surface area contributed by atoms with E-state index in [0.717, 1.165) is 30.4 Å². The van der Waals surface area contributed by atoms with Gasteiger partial charge in [0, 0.05) is 11.8 Å². The first-order valence-electron chi connectivity index (χ1n) is 5.31. The zero-order valence-corrected chi connectivity index (χ0v) is 9.18. The minimum atomic E-state index is -1.37. The number of hydrogen-bond donors (Lipinski definition) is 2. The van der Waals surface area contributed by atoms with Crippen LogP contribution in [0.1, 0.15) is 24.8 Å². The highest BCUT2D eigenvalue weighted by Gasteiger charge is 2.26. The lowest BCUT2D eigenvalue weighted by Crippen LogP contribution is -2.15. The van der Waals surface area contributed by atoms with Crippen LogP contribution in [0.3, 0.4) is 0 Å². The molecule has 1 aromatic rings. The molecule has 16 heavy (non-hydrogen) atoms. The van der Waals surface area contributed by atoms with Crippen molar-refractivity contribution < 1.29 is 14.8 Å². The summed E-state index contributed by atoms with van der Waals surface area (Å²) in [5, 5.41) is 18.6. The predicted octanol–water partition coefficient (Wildman–Crippen LogP) is 1.04. The van der Waals surface area contributed by atoms with E-state index in [4.69, 9.17) is 4.74 Å². The number of ether oxygens (including phenoxy) is 1. The molecule has 2 N–H and O–H groups in total. The molecule has 0 amide bonds.